The van der Waals surface area contributed by atoms with Gasteiger partial charge in [-0.25, -0.2) is 0 Å². The Morgan fingerprint density at radius 1 is 0.217 bits per heavy atom. The maximum atomic E-state index is 6.80. The van der Waals surface area contributed by atoms with E-state index in [-0.39, 0.29) is 0 Å². The molecular formula is C123H84N12O3+6. The Balaban J connectivity index is 0.0000000959. The molecule has 9 aromatic heterocycles. The number of benzene rings is 15. The van der Waals surface area contributed by atoms with Crippen molar-refractivity contribution in [2.24, 2.45) is 0 Å². The fourth-order valence-electron chi connectivity index (χ4n) is 26.2. The number of nitrogens with zero attached hydrogens (tertiary/aromatic N) is 12. The van der Waals surface area contributed by atoms with Crippen molar-refractivity contribution >= 4 is 65.4 Å². The van der Waals surface area contributed by atoms with Gasteiger partial charge >= 0.3 is 17.0 Å². The molecule has 0 radical (unpaired) electrons. The number of hydrogen-bond acceptors (Lipinski definition) is 3. The summed E-state index contributed by atoms with van der Waals surface area (Å²) in [7, 11) is 0. The average Bonchev–Trinajstić information content (AvgIpc) is 1.49. The van der Waals surface area contributed by atoms with Crippen molar-refractivity contribution in [3.8, 4) is 136 Å². The van der Waals surface area contributed by atoms with Crippen molar-refractivity contribution in [2.75, 3.05) is 0 Å². The first-order valence-electron chi connectivity index (χ1n) is 47.6. The summed E-state index contributed by atoms with van der Waals surface area (Å²) >= 11 is 0. The molecule has 15 heteroatoms. The molecule has 3 spiro atoms. The maximum Gasteiger partial charge on any atom is 0.397 e. The van der Waals surface area contributed by atoms with Gasteiger partial charge in [-0.05, 0) is 252 Å². The number of aromatic nitrogens is 12. The predicted octanol–water partition coefficient (Wildman–Crippen LogP) is 24.4. The van der Waals surface area contributed by atoms with Gasteiger partial charge in [-0.2, -0.15) is 27.4 Å². The van der Waals surface area contributed by atoms with Crippen LogP contribution in [0.1, 0.15) is 66.8 Å². The molecule has 15 aromatic carbocycles. The lowest BCUT2D eigenvalue weighted by Crippen LogP contribution is -2.76. The first-order chi connectivity index (χ1) is 67.9. The van der Waals surface area contributed by atoms with Crippen LogP contribution in [0.3, 0.4) is 0 Å². The normalized spacial score (nSPS) is 16.3. The lowest BCUT2D eigenvalue weighted by atomic mass is 9.84. The third kappa shape index (κ3) is 9.32. The summed E-state index contributed by atoms with van der Waals surface area (Å²) < 4.78 is 49.3. The minimum absolute atomic E-state index is 0.670. The van der Waals surface area contributed by atoms with Crippen molar-refractivity contribution < 1.29 is 42.0 Å². The second-order valence-electron chi connectivity index (χ2n) is 38.4. The second kappa shape index (κ2) is 26.8. The molecule has 18 heterocycles. The fourth-order valence-corrected chi connectivity index (χ4v) is 26.2. The topological polar surface area (TPSA) is 80.6 Å². The highest BCUT2D eigenvalue weighted by molar-refractivity contribution is 6.14. The van der Waals surface area contributed by atoms with Crippen LogP contribution in [0.4, 0.5) is 0 Å². The summed E-state index contributed by atoms with van der Waals surface area (Å²) in [5.74, 6) is 8.76. The molecule has 138 heavy (non-hydrogen) atoms. The van der Waals surface area contributed by atoms with Crippen LogP contribution >= 0.6 is 0 Å². The highest BCUT2D eigenvalue weighted by Crippen LogP contribution is 2.61. The van der Waals surface area contributed by atoms with Gasteiger partial charge in [0.05, 0.1) is 53.9 Å². The molecule has 0 amide bonds. The number of rotatable bonds is 6. The summed E-state index contributed by atoms with van der Waals surface area (Å²) in [5.41, 5.74) is 38.1. The molecule has 648 valence electrons. The molecule has 0 fully saturated rings. The average molecular weight is 1780 g/mol. The zero-order valence-electron chi connectivity index (χ0n) is 76.2. The van der Waals surface area contributed by atoms with Gasteiger partial charge in [-0.3, -0.25) is 0 Å². The van der Waals surface area contributed by atoms with Crippen LogP contribution in [0.5, 0.6) is 34.5 Å². The Kier molecular flexibility index (Phi) is 14.7. The fraction of sp³-hybridized carbons (Fsp3) is 0.0732. The van der Waals surface area contributed by atoms with E-state index in [1.807, 2.05) is 0 Å². The maximum absolute atomic E-state index is 6.80. The zero-order chi connectivity index (χ0) is 90.9. The third-order valence-electron chi connectivity index (χ3n) is 31.3. The second-order valence-corrected chi connectivity index (χ2v) is 38.4. The van der Waals surface area contributed by atoms with E-state index in [0.717, 1.165) is 69.0 Å². The summed E-state index contributed by atoms with van der Waals surface area (Å²) in [6.07, 6.45) is 20.6. The predicted molar refractivity (Wildman–Crippen MR) is 537 cm³/mol. The van der Waals surface area contributed by atoms with Crippen LogP contribution < -0.4 is 42.0 Å². The summed E-state index contributed by atoms with van der Waals surface area (Å²) in [6.45, 7) is 13.3. The van der Waals surface area contributed by atoms with E-state index in [1.165, 1.54) is 199 Å². The van der Waals surface area contributed by atoms with Crippen molar-refractivity contribution in [1.29, 1.82) is 0 Å². The molecule has 0 saturated heterocycles. The van der Waals surface area contributed by atoms with Crippen LogP contribution in [0.2, 0.25) is 0 Å². The Bertz CT molecular complexity index is 9610. The van der Waals surface area contributed by atoms with E-state index in [9.17, 15) is 0 Å². The van der Waals surface area contributed by atoms with Gasteiger partial charge in [0.2, 0.25) is 18.6 Å². The minimum atomic E-state index is -0.677. The number of fused-ring (bicyclic) bond motifs is 21. The molecule has 24 aromatic rings. The summed E-state index contributed by atoms with van der Waals surface area (Å²) in [4.78, 5) is 0. The molecule has 3 atom stereocenters. The van der Waals surface area contributed by atoms with Crippen molar-refractivity contribution in [1.82, 2.24) is 27.7 Å². The van der Waals surface area contributed by atoms with Crippen molar-refractivity contribution in [3.05, 3.63) is 468 Å². The van der Waals surface area contributed by atoms with E-state index in [1.54, 1.807) is 0 Å². The van der Waals surface area contributed by atoms with Crippen LogP contribution in [-0.4, -0.2) is 27.7 Å². The van der Waals surface area contributed by atoms with E-state index in [4.69, 9.17) is 14.2 Å². The highest BCUT2D eigenvalue weighted by atomic mass is 16.5. The van der Waals surface area contributed by atoms with Crippen LogP contribution in [0.25, 0.3) is 167 Å². The van der Waals surface area contributed by atoms with Crippen LogP contribution in [0, 0.1) is 41.5 Å². The first kappa shape index (κ1) is 75.7. The van der Waals surface area contributed by atoms with Gasteiger partial charge < -0.3 is 14.2 Å². The molecule has 0 aliphatic carbocycles. The van der Waals surface area contributed by atoms with E-state index >= 15 is 0 Å². The molecule has 9 aliphatic rings. The van der Waals surface area contributed by atoms with Gasteiger partial charge in [0.15, 0.2) is 33.2 Å². The van der Waals surface area contributed by atoms with E-state index in [2.05, 4.69) is 499 Å². The van der Waals surface area contributed by atoms with Crippen LogP contribution in [-0.2, 0) is 17.0 Å². The van der Waals surface area contributed by atoms with Gasteiger partial charge in [0, 0.05) is 50.5 Å². The summed E-state index contributed by atoms with van der Waals surface area (Å²) in [6, 6.07) is 125. The van der Waals surface area contributed by atoms with E-state index < -0.39 is 17.0 Å². The Morgan fingerprint density at radius 3 is 0.920 bits per heavy atom. The first-order valence-corrected chi connectivity index (χ1v) is 47.6. The Labute approximate surface area is 792 Å². The largest absolute Gasteiger partial charge is 0.456 e. The number of aryl methyl sites for hydroxylation is 6. The molecular weight excluding hydrogens is 1690 g/mol. The van der Waals surface area contributed by atoms with Gasteiger partial charge in [-0.15, -0.1) is 14.0 Å². The number of pyridine rings is 3. The molecule has 3 unspecified atom stereocenters. The number of ether oxygens (including phenoxy) is 3. The van der Waals surface area contributed by atoms with E-state index in [0.29, 0.717) is 0 Å². The van der Waals surface area contributed by atoms with Gasteiger partial charge in [0.25, 0.3) is 17.5 Å². The molecule has 0 N–H and O–H groups in total. The number of para-hydroxylation sites is 3. The molecule has 0 bridgehead atoms. The lowest BCUT2D eigenvalue weighted by molar-refractivity contribution is -0.993. The SMILES string of the molecule is Cc1cc(-c2ccccc2)cc(C)c1-c1cn2[n+](c1)C13c4c(cccc4-2)Oc2ccc4c5ccccc5n(c4c21)-c1cccc[n+]13.Cc1cc(-c2cn3[n+](c2)C24c5c(cccc5-3)Oc3ccc5c6ccccc6n(c5c32)-c2cccc[n+]24)cc(C)c1-c1ccccc1.Cc1cccc(C)c1-c1ccc(-c2cn3[n+](c2)C24c5c(cccc5-3)Oc3ccc5c6ccccc6n(c5c32)-c2cccc[n+]24)cc1. The van der Waals surface area contributed by atoms with Crippen LogP contribution in [0.15, 0.2) is 402 Å². The Hall–Kier alpha value is -17.8. The summed E-state index contributed by atoms with van der Waals surface area (Å²) in [5, 5.41) is 7.45. The molecule has 33 rings (SSSR count). The molecule has 0 saturated carbocycles. The molecule has 9 aliphatic heterocycles. The highest BCUT2D eigenvalue weighted by Gasteiger charge is 2.72. The molecule has 15 nitrogen and oxygen atoms in total. The van der Waals surface area contributed by atoms with Gasteiger partial charge in [0.1, 0.15) is 84.8 Å². The zero-order valence-corrected chi connectivity index (χ0v) is 76.2. The standard InChI is InChI=1S/3C41H28N4O/c1-25-9-7-10-26(2)37(25)28-18-16-27(17-19-28)29-23-43-33-13-8-14-34-38(33)41(44(43)24-29)39-35(46-34)21-20-31-30-11-3-4-12-32(30)45(40(31)39)36-15-5-6-22-42(36)41;1-25-21-28(22-26(2)37(25)27-11-4-3-5-12-27)29-23-43-33-15-10-16-34-38(33)41(44(43)24-29)39-35(46-34)19-18-31-30-13-6-7-14-32(30)45(40(31)39)36-17-8-9-20-42(36)41;1-25-21-28(27-11-4-3-5-12-27)22-26(2)37(25)29-23-43-33-15-10-16-34-38(33)41(44(43)24-29)39-35(46-34)19-18-31-30-13-6-7-14-32(30)45(40(31)39)36-17-8-9-20-42(36)41/h3*3-24H,1-2H3/q3*+2. The number of hydrogen-bond donors (Lipinski definition) is 0. The van der Waals surface area contributed by atoms with Crippen molar-refractivity contribution in [2.45, 2.75) is 58.5 Å². The Morgan fingerprint density at radius 2 is 0.514 bits per heavy atom. The third-order valence-corrected chi connectivity index (χ3v) is 31.3. The van der Waals surface area contributed by atoms with Gasteiger partial charge in [-0.1, -0.05) is 214 Å². The monoisotopic (exact) mass is 1780 g/mol. The van der Waals surface area contributed by atoms with Crippen molar-refractivity contribution in [3.63, 3.8) is 0 Å². The smallest absolute Gasteiger partial charge is 0.397 e. The minimum Gasteiger partial charge on any atom is -0.456 e. The quantitative estimate of drug-likeness (QED) is 0.156. The lowest BCUT2D eigenvalue weighted by Gasteiger charge is -2.32.